The number of hydrogen-bond acceptors (Lipinski definition) is 1. The van der Waals surface area contributed by atoms with Crippen LogP contribution in [-0.2, 0) is 0 Å². The molecule has 3 nitrogen and oxygen atoms in total. The smallest absolute Gasteiger partial charge is 0.185 e. The molecule has 0 bridgehead atoms. The van der Waals surface area contributed by atoms with Gasteiger partial charge in [-0.2, -0.15) is 0 Å². The van der Waals surface area contributed by atoms with E-state index in [1.165, 1.54) is 44.9 Å². The predicted molar refractivity (Wildman–Crippen MR) is 72.5 cm³/mol. The summed E-state index contributed by atoms with van der Waals surface area (Å²) in [7, 11) is 0. The van der Waals surface area contributed by atoms with Crippen molar-refractivity contribution in [3.05, 3.63) is 0 Å². The van der Waals surface area contributed by atoms with Gasteiger partial charge in [0.1, 0.15) is 0 Å². The molecule has 0 amide bonds. The van der Waals surface area contributed by atoms with E-state index in [4.69, 9.17) is 11.5 Å². The van der Waals surface area contributed by atoms with Gasteiger partial charge >= 0.3 is 0 Å². The van der Waals surface area contributed by atoms with Crippen molar-refractivity contribution in [2.24, 2.45) is 22.4 Å². The Balaban J connectivity index is 3.02. The van der Waals surface area contributed by atoms with Crippen LogP contribution in [0.5, 0.6) is 0 Å². The van der Waals surface area contributed by atoms with Gasteiger partial charge in [0.2, 0.25) is 0 Å². The Morgan fingerprint density at radius 2 is 1.38 bits per heavy atom. The Hall–Kier alpha value is -0.730. The van der Waals surface area contributed by atoms with Crippen LogP contribution in [0.15, 0.2) is 4.99 Å². The van der Waals surface area contributed by atoms with Crippen molar-refractivity contribution in [1.82, 2.24) is 0 Å². The average Bonchev–Trinajstić information content (AvgIpc) is 2.20. The van der Waals surface area contributed by atoms with Gasteiger partial charge in [0.05, 0.1) is 0 Å². The lowest BCUT2D eigenvalue weighted by Gasteiger charge is -2.04. The highest BCUT2D eigenvalue weighted by Crippen LogP contribution is 2.11. The van der Waals surface area contributed by atoms with Crippen LogP contribution in [0.3, 0.4) is 0 Å². The minimum atomic E-state index is 0.216. The van der Waals surface area contributed by atoms with Gasteiger partial charge in [0, 0.05) is 6.54 Å². The lowest BCUT2D eigenvalue weighted by atomic mass is 10.0. The molecule has 96 valence electrons. The van der Waals surface area contributed by atoms with Gasteiger partial charge in [0.15, 0.2) is 5.96 Å². The molecule has 0 aliphatic heterocycles. The van der Waals surface area contributed by atoms with Crippen molar-refractivity contribution >= 4 is 5.96 Å². The Labute approximate surface area is 101 Å². The van der Waals surface area contributed by atoms with Crippen molar-refractivity contribution < 1.29 is 0 Å². The molecule has 0 aromatic carbocycles. The molecule has 16 heavy (non-hydrogen) atoms. The summed E-state index contributed by atoms with van der Waals surface area (Å²) in [5, 5.41) is 0. The predicted octanol–water partition coefficient (Wildman–Crippen LogP) is 3.04. The number of nitrogens with two attached hydrogens (primary N) is 2. The SMILES string of the molecule is CC(C)CCCCCCCCCN=C(N)N. The standard InChI is InChI=1S/C13H29N3/c1-12(2)10-8-6-4-3-5-7-9-11-16-13(14)15/h12H,3-11H2,1-2H3,(H4,14,15,16). The van der Waals surface area contributed by atoms with E-state index in [1.54, 1.807) is 0 Å². The summed E-state index contributed by atoms with van der Waals surface area (Å²) in [6.07, 6.45) is 10.6. The molecular formula is C13H29N3. The van der Waals surface area contributed by atoms with E-state index in [9.17, 15) is 0 Å². The molecule has 0 saturated carbocycles. The van der Waals surface area contributed by atoms with Crippen molar-refractivity contribution in [2.45, 2.75) is 65.2 Å². The first-order chi connectivity index (χ1) is 7.63. The molecule has 0 fully saturated rings. The van der Waals surface area contributed by atoms with Gasteiger partial charge in [-0.05, 0) is 12.3 Å². The van der Waals surface area contributed by atoms with Crippen LogP contribution in [0.25, 0.3) is 0 Å². The topological polar surface area (TPSA) is 64.4 Å². The molecule has 3 heteroatoms. The van der Waals surface area contributed by atoms with E-state index in [-0.39, 0.29) is 5.96 Å². The summed E-state index contributed by atoms with van der Waals surface area (Å²) >= 11 is 0. The van der Waals surface area contributed by atoms with Crippen LogP contribution in [0.2, 0.25) is 0 Å². The highest BCUT2D eigenvalue weighted by atomic mass is 15.0. The van der Waals surface area contributed by atoms with Crippen LogP contribution in [-0.4, -0.2) is 12.5 Å². The van der Waals surface area contributed by atoms with Crippen LogP contribution < -0.4 is 11.5 Å². The summed E-state index contributed by atoms with van der Waals surface area (Å²) < 4.78 is 0. The second-order valence-electron chi connectivity index (χ2n) is 4.96. The quantitative estimate of drug-likeness (QED) is 0.342. The fraction of sp³-hybridized carbons (Fsp3) is 0.923. The maximum absolute atomic E-state index is 5.24. The summed E-state index contributed by atoms with van der Waals surface area (Å²) in [5.41, 5.74) is 10.5. The Bertz CT molecular complexity index is 172. The Morgan fingerprint density at radius 3 is 1.88 bits per heavy atom. The number of hydrogen-bond donors (Lipinski definition) is 2. The number of rotatable bonds is 10. The van der Waals surface area contributed by atoms with Gasteiger partial charge in [-0.3, -0.25) is 4.99 Å². The first-order valence-corrected chi connectivity index (χ1v) is 6.68. The molecule has 0 rings (SSSR count). The molecule has 0 aliphatic carbocycles. The summed E-state index contributed by atoms with van der Waals surface area (Å²) in [5.74, 6) is 1.08. The molecule has 0 heterocycles. The first-order valence-electron chi connectivity index (χ1n) is 6.68. The van der Waals surface area contributed by atoms with Gasteiger partial charge in [-0.15, -0.1) is 0 Å². The number of nitrogens with zero attached hydrogens (tertiary/aromatic N) is 1. The molecule has 0 spiro atoms. The summed E-state index contributed by atoms with van der Waals surface area (Å²) in [6, 6.07) is 0. The molecule has 4 N–H and O–H groups in total. The minimum absolute atomic E-state index is 0.216. The van der Waals surface area contributed by atoms with Crippen molar-refractivity contribution in [2.75, 3.05) is 6.54 Å². The minimum Gasteiger partial charge on any atom is -0.370 e. The van der Waals surface area contributed by atoms with E-state index in [0.717, 1.165) is 18.9 Å². The normalized spacial score (nSPS) is 10.7. The molecule has 0 saturated heterocycles. The number of guanidine groups is 1. The number of unbranched alkanes of at least 4 members (excludes halogenated alkanes) is 6. The fourth-order valence-corrected chi connectivity index (χ4v) is 1.76. The molecule has 0 radical (unpaired) electrons. The van der Waals surface area contributed by atoms with Gasteiger partial charge < -0.3 is 11.5 Å². The average molecular weight is 227 g/mol. The molecule has 0 aromatic rings. The number of aliphatic imine (C=N–C) groups is 1. The first kappa shape index (κ1) is 15.3. The Kier molecular flexibility index (Phi) is 10.3. The molecule has 0 aromatic heterocycles. The monoisotopic (exact) mass is 227 g/mol. The zero-order valence-electron chi connectivity index (χ0n) is 11.0. The maximum Gasteiger partial charge on any atom is 0.185 e. The highest BCUT2D eigenvalue weighted by molar-refractivity contribution is 5.75. The Morgan fingerprint density at radius 1 is 0.875 bits per heavy atom. The van der Waals surface area contributed by atoms with E-state index in [0.29, 0.717) is 0 Å². The van der Waals surface area contributed by atoms with Crippen LogP contribution in [0.4, 0.5) is 0 Å². The second-order valence-corrected chi connectivity index (χ2v) is 4.96. The van der Waals surface area contributed by atoms with Crippen molar-refractivity contribution in [1.29, 1.82) is 0 Å². The van der Waals surface area contributed by atoms with Gasteiger partial charge in [0.25, 0.3) is 0 Å². The van der Waals surface area contributed by atoms with Gasteiger partial charge in [-0.25, -0.2) is 0 Å². The zero-order chi connectivity index (χ0) is 12.2. The lowest BCUT2D eigenvalue weighted by Crippen LogP contribution is -2.22. The lowest BCUT2D eigenvalue weighted by molar-refractivity contribution is 0.510. The highest BCUT2D eigenvalue weighted by Gasteiger charge is 1.94. The molecule has 0 unspecified atom stereocenters. The van der Waals surface area contributed by atoms with Crippen LogP contribution >= 0.6 is 0 Å². The maximum atomic E-state index is 5.24. The molecular weight excluding hydrogens is 198 g/mol. The summed E-state index contributed by atoms with van der Waals surface area (Å²) in [6.45, 7) is 5.38. The van der Waals surface area contributed by atoms with E-state index >= 15 is 0 Å². The second kappa shape index (κ2) is 10.8. The van der Waals surface area contributed by atoms with Crippen molar-refractivity contribution in [3.63, 3.8) is 0 Å². The molecule has 0 aliphatic rings. The van der Waals surface area contributed by atoms with Crippen LogP contribution in [0.1, 0.15) is 65.2 Å². The third-order valence-electron chi connectivity index (χ3n) is 2.73. The van der Waals surface area contributed by atoms with E-state index < -0.39 is 0 Å². The largest absolute Gasteiger partial charge is 0.370 e. The zero-order valence-corrected chi connectivity index (χ0v) is 11.0. The van der Waals surface area contributed by atoms with E-state index in [2.05, 4.69) is 18.8 Å². The third-order valence-corrected chi connectivity index (χ3v) is 2.73. The third kappa shape index (κ3) is 13.3. The van der Waals surface area contributed by atoms with Crippen molar-refractivity contribution in [3.8, 4) is 0 Å². The van der Waals surface area contributed by atoms with Crippen LogP contribution in [0, 0.1) is 5.92 Å². The molecule has 0 atom stereocenters. The van der Waals surface area contributed by atoms with E-state index in [1.807, 2.05) is 0 Å². The summed E-state index contributed by atoms with van der Waals surface area (Å²) in [4.78, 5) is 3.96. The fourth-order valence-electron chi connectivity index (χ4n) is 1.76. The van der Waals surface area contributed by atoms with Gasteiger partial charge in [-0.1, -0.05) is 58.8 Å².